The molecule has 0 aliphatic heterocycles. The summed E-state index contributed by atoms with van der Waals surface area (Å²) in [7, 11) is 0. The molecule has 0 bridgehead atoms. The minimum Gasteiger partial charge on any atom is -0.428 e. The van der Waals surface area contributed by atoms with Crippen LogP contribution in [0.15, 0.2) is 12.1 Å². The van der Waals surface area contributed by atoms with E-state index in [0.717, 1.165) is 12.1 Å². The zero-order valence-corrected chi connectivity index (χ0v) is 14.9. The third kappa shape index (κ3) is 6.19. The molecule has 0 spiro atoms. The van der Waals surface area contributed by atoms with E-state index in [4.69, 9.17) is 16.3 Å². The Hall–Kier alpha value is -2.17. The van der Waals surface area contributed by atoms with Gasteiger partial charge in [-0.2, -0.15) is 22.0 Å². The van der Waals surface area contributed by atoms with Crippen molar-refractivity contribution in [2.24, 2.45) is 0 Å². The average molecular weight is 422 g/mol. The first kappa shape index (κ1) is 22.9. The molecule has 27 heavy (non-hydrogen) atoms. The van der Waals surface area contributed by atoms with Crippen LogP contribution in [-0.4, -0.2) is 36.3 Å². The molecule has 0 unspecified atom stereocenters. The highest BCUT2D eigenvalue weighted by atomic mass is 35.5. The van der Waals surface area contributed by atoms with Gasteiger partial charge in [-0.15, -0.1) is 0 Å². The van der Waals surface area contributed by atoms with Crippen LogP contribution in [0.2, 0.25) is 5.02 Å². The van der Waals surface area contributed by atoms with Gasteiger partial charge in [0.2, 0.25) is 0 Å². The van der Waals surface area contributed by atoms with Gasteiger partial charge in [-0.3, -0.25) is 4.79 Å². The van der Waals surface area contributed by atoms with Crippen molar-refractivity contribution in [3.63, 3.8) is 0 Å². The number of rotatable bonds is 4. The molecule has 0 aliphatic carbocycles. The Bertz CT molecular complexity index is 730. The number of nitrogens with one attached hydrogen (secondary N) is 1. The van der Waals surface area contributed by atoms with Crippen LogP contribution in [0.5, 0.6) is 5.75 Å². The van der Waals surface area contributed by atoms with Crippen molar-refractivity contribution in [3.05, 3.63) is 28.5 Å². The van der Waals surface area contributed by atoms with Gasteiger partial charge in [0, 0.05) is 0 Å². The lowest BCUT2D eigenvalue weighted by Crippen LogP contribution is -2.47. The Labute approximate surface area is 154 Å². The van der Waals surface area contributed by atoms with Gasteiger partial charge in [0.1, 0.15) is 5.60 Å². The Morgan fingerprint density at radius 3 is 2.15 bits per heavy atom. The Kier molecular flexibility index (Phi) is 6.63. The van der Waals surface area contributed by atoms with Gasteiger partial charge >= 0.3 is 18.3 Å². The number of benzene rings is 1. The van der Waals surface area contributed by atoms with Crippen LogP contribution >= 0.6 is 11.6 Å². The molecular weight excluding hydrogens is 408 g/mol. The quantitative estimate of drug-likeness (QED) is 0.434. The lowest BCUT2D eigenvalue weighted by molar-refractivity contribution is -0.278. The minimum atomic E-state index is -5.91. The highest BCUT2D eigenvalue weighted by Crippen LogP contribution is 2.35. The Morgan fingerprint density at radius 1 is 1.11 bits per heavy atom. The fourth-order valence-electron chi connectivity index (χ4n) is 1.56. The summed E-state index contributed by atoms with van der Waals surface area (Å²) in [6, 6.07) is 1.74. The van der Waals surface area contributed by atoms with Gasteiger partial charge in [-0.25, -0.2) is 9.18 Å². The first-order valence-corrected chi connectivity index (χ1v) is 7.54. The predicted molar refractivity (Wildman–Crippen MR) is 81.6 cm³/mol. The lowest BCUT2D eigenvalue weighted by atomic mass is 10.1. The molecule has 0 saturated carbocycles. The number of carbonyl (C=O) groups excluding carboxylic acids is 2. The number of hydrogen-bond donors (Lipinski definition) is 1. The minimum absolute atomic E-state index is 0.600. The second-order valence-electron chi connectivity index (χ2n) is 6.19. The van der Waals surface area contributed by atoms with Crippen LogP contribution in [0.3, 0.4) is 0 Å². The third-order valence-corrected chi connectivity index (χ3v) is 3.07. The van der Waals surface area contributed by atoms with E-state index in [1.807, 2.05) is 0 Å². The summed E-state index contributed by atoms with van der Waals surface area (Å²) in [6.07, 6.45) is -7.25. The second kappa shape index (κ2) is 7.83. The van der Waals surface area contributed by atoms with Crippen LogP contribution < -0.4 is 10.1 Å². The zero-order chi connectivity index (χ0) is 21.2. The SMILES string of the molecule is CC(C)(C)OC(=O)Oc1ccc(Cl)c(C(=O)NCC(F)(F)C(F)(F)F)c1F. The molecule has 1 aromatic rings. The molecular formula is C15H14ClF6NO4. The second-order valence-corrected chi connectivity index (χ2v) is 6.59. The topological polar surface area (TPSA) is 64.6 Å². The van der Waals surface area contributed by atoms with Crippen LogP contribution in [0.1, 0.15) is 31.1 Å². The normalized spacial score (nSPS) is 12.5. The van der Waals surface area contributed by atoms with E-state index >= 15 is 0 Å². The molecule has 0 atom stereocenters. The fourth-order valence-corrected chi connectivity index (χ4v) is 1.79. The molecule has 0 heterocycles. The van der Waals surface area contributed by atoms with E-state index in [1.54, 1.807) is 0 Å². The summed E-state index contributed by atoms with van der Waals surface area (Å²) in [6.45, 7) is 2.34. The molecule has 152 valence electrons. The summed E-state index contributed by atoms with van der Waals surface area (Å²) in [4.78, 5) is 23.4. The molecule has 0 aliphatic rings. The van der Waals surface area contributed by atoms with Crippen molar-refractivity contribution < 1.29 is 45.4 Å². The van der Waals surface area contributed by atoms with Crippen LogP contribution in [0.4, 0.5) is 31.1 Å². The largest absolute Gasteiger partial charge is 0.514 e. The average Bonchev–Trinajstić information content (AvgIpc) is 2.45. The fraction of sp³-hybridized carbons (Fsp3) is 0.467. The summed E-state index contributed by atoms with van der Waals surface area (Å²) in [5, 5.41) is 0.641. The number of halogens is 7. The van der Waals surface area contributed by atoms with Crippen LogP contribution in [-0.2, 0) is 4.74 Å². The summed E-state index contributed by atoms with van der Waals surface area (Å²) >= 11 is 5.60. The van der Waals surface area contributed by atoms with E-state index < -0.39 is 58.5 Å². The smallest absolute Gasteiger partial charge is 0.428 e. The Balaban J connectivity index is 3.02. The van der Waals surface area contributed by atoms with Gasteiger partial charge in [-0.05, 0) is 32.9 Å². The monoisotopic (exact) mass is 421 g/mol. The maximum Gasteiger partial charge on any atom is 0.514 e. The summed E-state index contributed by atoms with van der Waals surface area (Å²) in [5.41, 5.74) is -2.06. The molecule has 0 aromatic heterocycles. The van der Waals surface area contributed by atoms with Gasteiger partial charge in [0.05, 0.1) is 17.1 Å². The molecule has 1 rings (SSSR count). The van der Waals surface area contributed by atoms with Crippen molar-refractivity contribution in [3.8, 4) is 5.75 Å². The highest BCUT2D eigenvalue weighted by Gasteiger charge is 2.57. The number of amides is 1. The maximum absolute atomic E-state index is 14.3. The lowest BCUT2D eigenvalue weighted by Gasteiger charge is -2.20. The molecule has 5 nitrogen and oxygen atoms in total. The van der Waals surface area contributed by atoms with E-state index in [9.17, 15) is 35.9 Å². The molecule has 1 N–H and O–H groups in total. The number of carbonyl (C=O) groups is 2. The summed E-state index contributed by atoms with van der Waals surface area (Å²) in [5.74, 6) is -9.27. The zero-order valence-electron chi connectivity index (χ0n) is 14.1. The van der Waals surface area contributed by atoms with Gasteiger partial charge in [0.25, 0.3) is 5.91 Å². The standard InChI is InChI=1S/C15H14ClF6NO4/c1-13(2,3)27-12(25)26-8-5-4-7(16)9(10(8)17)11(24)23-6-14(18,19)15(20,21)22/h4-5H,6H2,1-3H3,(H,23,24). The molecule has 0 saturated heterocycles. The van der Waals surface area contributed by atoms with Gasteiger partial charge in [-0.1, -0.05) is 11.6 Å². The van der Waals surface area contributed by atoms with E-state index in [2.05, 4.69) is 4.74 Å². The Morgan fingerprint density at radius 2 is 1.67 bits per heavy atom. The van der Waals surface area contributed by atoms with Gasteiger partial charge in [0.15, 0.2) is 11.6 Å². The summed E-state index contributed by atoms with van der Waals surface area (Å²) < 4.78 is 85.8. The molecule has 12 heteroatoms. The third-order valence-electron chi connectivity index (χ3n) is 2.75. The van der Waals surface area contributed by atoms with E-state index in [0.29, 0.717) is 0 Å². The van der Waals surface area contributed by atoms with Crippen molar-refractivity contribution >= 4 is 23.7 Å². The van der Waals surface area contributed by atoms with Crippen molar-refractivity contribution in [2.75, 3.05) is 6.54 Å². The van der Waals surface area contributed by atoms with Crippen molar-refractivity contribution in [1.82, 2.24) is 5.32 Å². The first-order valence-electron chi connectivity index (χ1n) is 7.17. The maximum atomic E-state index is 14.3. The number of ether oxygens (including phenoxy) is 2. The number of hydrogen-bond acceptors (Lipinski definition) is 4. The van der Waals surface area contributed by atoms with Gasteiger partial charge < -0.3 is 14.8 Å². The first-order chi connectivity index (χ1) is 12.0. The molecule has 0 fully saturated rings. The van der Waals surface area contributed by atoms with Crippen LogP contribution in [0.25, 0.3) is 0 Å². The van der Waals surface area contributed by atoms with Crippen molar-refractivity contribution in [2.45, 2.75) is 38.5 Å². The van der Waals surface area contributed by atoms with E-state index in [-0.39, 0.29) is 0 Å². The molecule has 1 amide bonds. The molecule has 1 aromatic carbocycles. The van der Waals surface area contributed by atoms with Crippen LogP contribution in [0, 0.1) is 5.82 Å². The van der Waals surface area contributed by atoms with E-state index in [1.165, 1.54) is 26.1 Å². The van der Waals surface area contributed by atoms with Crippen molar-refractivity contribution in [1.29, 1.82) is 0 Å². The molecule has 0 radical (unpaired) electrons. The highest BCUT2D eigenvalue weighted by molar-refractivity contribution is 6.34. The number of alkyl halides is 5. The predicted octanol–water partition coefficient (Wildman–Crippen LogP) is 4.72.